The van der Waals surface area contributed by atoms with Gasteiger partial charge in [-0.25, -0.2) is 5.01 Å². The van der Waals surface area contributed by atoms with Crippen molar-refractivity contribution in [3.05, 3.63) is 27.7 Å². The number of halogens is 1. The molecular weight excluding hydrogens is 326 g/mol. The molecule has 3 N–H and O–H groups in total. The number of benzene rings is 1. The highest BCUT2D eigenvalue weighted by atomic mass is 79.9. The third kappa shape index (κ3) is 4.18. The van der Waals surface area contributed by atoms with Gasteiger partial charge in [0.05, 0.1) is 16.2 Å². The molecule has 6 heteroatoms. The minimum absolute atomic E-state index is 0.145. The molecule has 4 nitrogen and oxygen atoms in total. The van der Waals surface area contributed by atoms with Crippen LogP contribution < -0.4 is 5.73 Å². The van der Waals surface area contributed by atoms with Crippen LogP contribution in [0.4, 0.5) is 0 Å². The largest absolute Gasteiger partial charge is 0.506 e. The fourth-order valence-electron chi connectivity index (χ4n) is 1.54. The summed E-state index contributed by atoms with van der Waals surface area (Å²) in [5.41, 5.74) is 6.96. The van der Waals surface area contributed by atoms with Gasteiger partial charge in [0.2, 0.25) is 0 Å². The quantitative estimate of drug-likeness (QED) is 0.492. The van der Waals surface area contributed by atoms with Crippen molar-refractivity contribution in [2.24, 2.45) is 10.8 Å². The summed E-state index contributed by atoms with van der Waals surface area (Å²) in [4.78, 5) is 0. The van der Waals surface area contributed by atoms with Crippen LogP contribution in [0.3, 0.4) is 0 Å². The lowest BCUT2D eigenvalue weighted by molar-refractivity contribution is 0.250. The van der Waals surface area contributed by atoms with Gasteiger partial charge in [-0.1, -0.05) is 0 Å². The van der Waals surface area contributed by atoms with Crippen LogP contribution in [0.2, 0.25) is 0 Å². The molecule has 0 fully saturated rings. The zero-order valence-electron chi connectivity index (χ0n) is 11.4. The molecule has 0 aromatic heterocycles. The maximum Gasteiger partial charge on any atom is 0.187 e. The Morgan fingerprint density at radius 1 is 1.47 bits per heavy atom. The normalized spacial score (nSPS) is 11.8. The van der Waals surface area contributed by atoms with Crippen LogP contribution in [0, 0.1) is 6.92 Å². The Bertz CT molecular complexity index is 523. The third-order valence-electron chi connectivity index (χ3n) is 2.39. The van der Waals surface area contributed by atoms with Crippen LogP contribution in [-0.4, -0.2) is 27.0 Å². The lowest BCUT2D eigenvalue weighted by Crippen LogP contribution is -2.44. The number of nitrogens with zero attached hydrogens (tertiary/aromatic N) is 2. The van der Waals surface area contributed by atoms with E-state index in [0.29, 0.717) is 10.0 Å². The maximum atomic E-state index is 9.96. The van der Waals surface area contributed by atoms with E-state index in [0.717, 1.165) is 5.56 Å². The molecule has 0 bridgehead atoms. The molecule has 0 spiro atoms. The van der Waals surface area contributed by atoms with Crippen molar-refractivity contribution in [3.63, 3.8) is 0 Å². The minimum Gasteiger partial charge on any atom is -0.506 e. The molecule has 0 aliphatic rings. The van der Waals surface area contributed by atoms with E-state index in [1.165, 1.54) is 5.01 Å². The standard InChI is InChI=1S/C13H18BrN3OS/c1-8-5-9(11(18)10(14)6-8)7-16-17(12(15)19)13(2,3)4/h5-7,18H,1-4H3,(H2,15,19)/b16-7+. The molecule has 1 rings (SSSR count). The molecule has 0 saturated carbocycles. The summed E-state index contributed by atoms with van der Waals surface area (Å²) >= 11 is 8.28. The van der Waals surface area contributed by atoms with E-state index in [2.05, 4.69) is 21.0 Å². The highest BCUT2D eigenvalue weighted by Gasteiger charge is 2.21. The molecule has 0 aliphatic heterocycles. The average molecular weight is 344 g/mol. The highest BCUT2D eigenvalue weighted by Crippen LogP contribution is 2.28. The lowest BCUT2D eigenvalue weighted by Gasteiger charge is -2.31. The Balaban J connectivity index is 3.14. The van der Waals surface area contributed by atoms with Gasteiger partial charge in [-0.15, -0.1) is 0 Å². The van der Waals surface area contributed by atoms with Crippen LogP contribution >= 0.6 is 28.1 Å². The number of aromatic hydroxyl groups is 1. The van der Waals surface area contributed by atoms with Crippen molar-refractivity contribution in [3.8, 4) is 5.75 Å². The van der Waals surface area contributed by atoms with Gasteiger partial charge in [0.15, 0.2) is 5.11 Å². The zero-order chi connectivity index (χ0) is 14.8. The number of phenolic OH excluding ortho intramolecular Hbond substituents is 1. The summed E-state index contributed by atoms with van der Waals surface area (Å²) in [6.45, 7) is 7.80. The SMILES string of the molecule is Cc1cc(Br)c(O)c(/C=N/N(C(N)=S)C(C)(C)C)c1. The van der Waals surface area contributed by atoms with Crippen LogP contribution in [0.5, 0.6) is 5.75 Å². The molecule has 19 heavy (non-hydrogen) atoms. The fourth-order valence-corrected chi connectivity index (χ4v) is 2.45. The van der Waals surface area contributed by atoms with Crippen molar-refractivity contribution in [1.29, 1.82) is 0 Å². The minimum atomic E-state index is -0.320. The van der Waals surface area contributed by atoms with Crippen molar-refractivity contribution < 1.29 is 5.11 Å². The van der Waals surface area contributed by atoms with E-state index >= 15 is 0 Å². The summed E-state index contributed by atoms with van der Waals surface area (Å²) in [6.07, 6.45) is 1.55. The molecule has 0 aliphatic carbocycles. The smallest absolute Gasteiger partial charge is 0.187 e. The first kappa shape index (κ1) is 15.9. The predicted molar refractivity (Wildman–Crippen MR) is 86.5 cm³/mol. The topological polar surface area (TPSA) is 61.9 Å². The van der Waals surface area contributed by atoms with Crippen LogP contribution in [-0.2, 0) is 0 Å². The van der Waals surface area contributed by atoms with Gasteiger partial charge in [0.25, 0.3) is 0 Å². The van der Waals surface area contributed by atoms with E-state index in [-0.39, 0.29) is 16.4 Å². The third-order valence-corrected chi connectivity index (χ3v) is 3.17. The maximum absolute atomic E-state index is 9.96. The molecule has 0 amide bonds. The molecule has 1 aromatic rings. The van der Waals surface area contributed by atoms with E-state index < -0.39 is 0 Å². The van der Waals surface area contributed by atoms with Crippen molar-refractivity contribution in [1.82, 2.24) is 5.01 Å². The monoisotopic (exact) mass is 343 g/mol. The first-order chi connectivity index (χ1) is 8.62. The number of hydrogen-bond donors (Lipinski definition) is 2. The average Bonchev–Trinajstić information content (AvgIpc) is 2.22. The number of aryl methyl sites for hydroxylation is 1. The van der Waals surface area contributed by atoms with Gasteiger partial charge >= 0.3 is 0 Å². The Morgan fingerprint density at radius 3 is 2.53 bits per heavy atom. The van der Waals surface area contributed by atoms with E-state index in [1.54, 1.807) is 6.21 Å². The summed E-state index contributed by atoms with van der Waals surface area (Å²) in [5, 5.41) is 16.0. The second kappa shape index (κ2) is 5.88. The summed E-state index contributed by atoms with van der Waals surface area (Å²) in [6, 6.07) is 3.67. The van der Waals surface area contributed by atoms with E-state index in [9.17, 15) is 5.11 Å². The van der Waals surface area contributed by atoms with Gasteiger partial charge in [0, 0.05) is 5.56 Å². The van der Waals surface area contributed by atoms with Crippen LogP contribution in [0.1, 0.15) is 31.9 Å². The molecule has 0 heterocycles. The molecule has 0 saturated heterocycles. The van der Waals surface area contributed by atoms with E-state index in [1.807, 2.05) is 39.8 Å². The Morgan fingerprint density at radius 2 is 2.05 bits per heavy atom. The first-order valence-corrected chi connectivity index (χ1v) is 6.96. The van der Waals surface area contributed by atoms with Crippen molar-refractivity contribution >= 4 is 39.5 Å². The van der Waals surface area contributed by atoms with Gasteiger partial charge < -0.3 is 10.8 Å². The van der Waals surface area contributed by atoms with Crippen molar-refractivity contribution in [2.75, 3.05) is 0 Å². The lowest BCUT2D eigenvalue weighted by atomic mass is 10.1. The Kier molecular flexibility index (Phi) is 4.92. The zero-order valence-corrected chi connectivity index (χ0v) is 13.8. The molecule has 0 radical (unpaired) electrons. The predicted octanol–water partition coefficient (Wildman–Crippen LogP) is 3.14. The number of hydrazone groups is 1. The Hall–Kier alpha value is -1.14. The Labute approximate surface area is 127 Å². The van der Waals surface area contributed by atoms with Crippen molar-refractivity contribution in [2.45, 2.75) is 33.2 Å². The number of hydrogen-bond acceptors (Lipinski definition) is 3. The molecular formula is C13H18BrN3OS. The number of rotatable bonds is 2. The van der Waals surface area contributed by atoms with Gasteiger partial charge in [-0.3, -0.25) is 0 Å². The van der Waals surface area contributed by atoms with E-state index in [4.69, 9.17) is 18.0 Å². The summed E-state index contributed by atoms with van der Waals surface area (Å²) in [7, 11) is 0. The molecule has 0 atom stereocenters. The number of phenols is 1. The highest BCUT2D eigenvalue weighted by molar-refractivity contribution is 9.10. The van der Waals surface area contributed by atoms with Crippen LogP contribution in [0.15, 0.2) is 21.7 Å². The number of nitrogens with two attached hydrogens (primary N) is 1. The molecule has 104 valence electrons. The second-order valence-corrected chi connectivity index (χ2v) is 6.52. The number of thiocarbonyl (C=S) groups is 1. The molecule has 1 aromatic carbocycles. The fraction of sp³-hybridized carbons (Fsp3) is 0.385. The van der Waals surface area contributed by atoms with Gasteiger partial charge in [0.1, 0.15) is 5.75 Å². The summed E-state index contributed by atoms with van der Waals surface area (Å²) < 4.78 is 0.631. The van der Waals surface area contributed by atoms with Crippen LogP contribution in [0.25, 0.3) is 0 Å². The van der Waals surface area contributed by atoms with Gasteiger partial charge in [-0.2, -0.15) is 5.10 Å². The summed E-state index contributed by atoms with van der Waals surface area (Å²) in [5.74, 6) is 0.145. The first-order valence-electron chi connectivity index (χ1n) is 5.75. The molecule has 0 unspecified atom stereocenters. The van der Waals surface area contributed by atoms with Gasteiger partial charge in [-0.05, 0) is 73.5 Å². The second-order valence-electron chi connectivity index (χ2n) is 5.25.